The molecule has 1 aromatic carbocycles. The Labute approximate surface area is 103 Å². The number of phenols is 2. The molecule has 1 aromatic rings. The molecule has 3 nitrogen and oxygen atoms in total. The van der Waals surface area contributed by atoms with Gasteiger partial charge in [0.05, 0.1) is 7.14 Å². The van der Waals surface area contributed by atoms with Crippen molar-refractivity contribution in [3.63, 3.8) is 0 Å². The van der Waals surface area contributed by atoms with Crippen molar-refractivity contribution in [3.8, 4) is 11.5 Å². The molecule has 0 saturated carbocycles. The first-order chi connectivity index (χ1) is 6.07. The van der Waals surface area contributed by atoms with Crippen LogP contribution >= 0.6 is 45.2 Å². The molecule has 0 radical (unpaired) electrons. The minimum absolute atomic E-state index is 0.00943. The number of hydrogen-bond donors (Lipinski definition) is 3. The SMILES string of the molecule is OCCc1cc(I)c(O)c(I)c1O. The van der Waals surface area contributed by atoms with E-state index in [1.165, 1.54) is 0 Å². The number of benzene rings is 1. The Bertz CT molecular complexity index is 326. The van der Waals surface area contributed by atoms with E-state index in [0.717, 1.165) is 0 Å². The number of phenolic OH excluding ortho intramolecular Hbond substituents is 2. The van der Waals surface area contributed by atoms with Crippen molar-refractivity contribution in [1.29, 1.82) is 0 Å². The van der Waals surface area contributed by atoms with E-state index < -0.39 is 0 Å². The Hall–Kier alpha value is 0.240. The normalized spacial score (nSPS) is 10.4. The highest BCUT2D eigenvalue weighted by molar-refractivity contribution is 14.1. The molecule has 0 spiro atoms. The van der Waals surface area contributed by atoms with Gasteiger partial charge in [0.15, 0.2) is 0 Å². The van der Waals surface area contributed by atoms with Crippen LogP contribution in [0, 0.1) is 7.14 Å². The lowest BCUT2D eigenvalue weighted by Crippen LogP contribution is -1.94. The zero-order valence-corrected chi connectivity index (χ0v) is 10.9. The quantitative estimate of drug-likeness (QED) is 0.658. The van der Waals surface area contributed by atoms with E-state index in [2.05, 4.69) is 0 Å². The number of halogens is 2. The van der Waals surface area contributed by atoms with Gasteiger partial charge in [-0.05, 0) is 63.2 Å². The van der Waals surface area contributed by atoms with Crippen LogP contribution in [-0.2, 0) is 6.42 Å². The summed E-state index contributed by atoms with van der Waals surface area (Å²) in [6, 6.07) is 1.67. The number of aromatic hydroxyl groups is 2. The molecule has 0 amide bonds. The molecule has 0 aliphatic rings. The summed E-state index contributed by atoms with van der Waals surface area (Å²) in [5.74, 6) is 0.160. The van der Waals surface area contributed by atoms with Crippen LogP contribution in [-0.4, -0.2) is 21.9 Å². The number of rotatable bonds is 2. The lowest BCUT2D eigenvalue weighted by molar-refractivity contribution is 0.297. The Kier molecular flexibility index (Phi) is 4.05. The fraction of sp³-hybridized carbons (Fsp3) is 0.250. The summed E-state index contributed by atoms with van der Waals surface area (Å²) in [6.07, 6.45) is 0.401. The Balaban J connectivity index is 3.24. The first-order valence-corrected chi connectivity index (χ1v) is 5.73. The second-order valence-electron chi connectivity index (χ2n) is 2.50. The van der Waals surface area contributed by atoms with Crippen LogP contribution < -0.4 is 0 Å². The molecule has 0 aromatic heterocycles. The lowest BCUT2D eigenvalue weighted by Gasteiger charge is -2.08. The van der Waals surface area contributed by atoms with Gasteiger partial charge in [-0.15, -0.1) is 0 Å². The van der Waals surface area contributed by atoms with Gasteiger partial charge in [0, 0.05) is 6.61 Å². The summed E-state index contributed by atoms with van der Waals surface area (Å²) >= 11 is 3.86. The van der Waals surface area contributed by atoms with Crippen molar-refractivity contribution in [2.45, 2.75) is 6.42 Å². The average molecular weight is 406 g/mol. The standard InChI is InChI=1S/C8H8I2O3/c9-5-3-4(1-2-11)7(12)6(10)8(5)13/h3,11-13H,1-2H2. The summed E-state index contributed by atoms with van der Waals surface area (Å²) in [7, 11) is 0. The molecule has 1 rings (SSSR count). The van der Waals surface area contributed by atoms with Crippen LogP contribution in [0.2, 0.25) is 0 Å². The molecule has 72 valence electrons. The van der Waals surface area contributed by atoms with Gasteiger partial charge in [-0.3, -0.25) is 0 Å². The molecule has 0 heterocycles. The van der Waals surface area contributed by atoms with Crippen LogP contribution in [0.15, 0.2) is 6.07 Å². The van der Waals surface area contributed by atoms with Gasteiger partial charge in [0.2, 0.25) is 0 Å². The molecule has 0 unspecified atom stereocenters. The molecule has 5 heteroatoms. The highest BCUT2D eigenvalue weighted by Gasteiger charge is 2.12. The largest absolute Gasteiger partial charge is 0.506 e. The fourth-order valence-corrected chi connectivity index (χ4v) is 2.76. The van der Waals surface area contributed by atoms with Gasteiger partial charge in [-0.2, -0.15) is 0 Å². The number of hydrogen-bond acceptors (Lipinski definition) is 3. The summed E-state index contributed by atoms with van der Waals surface area (Å²) < 4.78 is 1.12. The molecular formula is C8H8I2O3. The number of aliphatic hydroxyl groups excluding tert-OH is 1. The highest BCUT2D eigenvalue weighted by atomic mass is 127. The predicted molar refractivity (Wildman–Crippen MR) is 66.0 cm³/mol. The second-order valence-corrected chi connectivity index (χ2v) is 4.74. The van der Waals surface area contributed by atoms with Crippen LogP contribution in [0.1, 0.15) is 5.56 Å². The van der Waals surface area contributed by atoms with Gasteiger partial charge in [-0.1, -0.05) is 0 Å². The first-order valence-electron chi connectivity index (χ1n) is 3.57. The van der Waals surface area contributed by atoms with Crippen LogP contribution in [0.5, 0.6) is 11.5 Å². The summed E-state index contributed by atoms with van der Waals surface area (Å²) in [5.41, 5.74) is 0.661. The van der Waals surface area contributed by atoms with E-state index in [4.69, 9.17) is 5.11 Å². The highest BCUT2D eigenvalue weighted by Crippen LogP contribution is 2.35. The van der Waals surface area contributed by atoms with Crippen molar-refractivity contribution >= 4 is 45.2 Å². The minimum Gasteiger partial charge on any atom is -0.506 e. The van der Waals surface area contributed by atoms with E-state index in [0.29, 0.717) is 19.1 Å². The van der Waals surface area contributed by atoms with E-state index in [-0.39, 0.29) is 18.1 Å². The zero-order chi connectivity index (χ0) is 10.0. The van der Waals surface area contributed by atoms with Crippen molar-refractivity contribution in [2.75, 3.05) is 6.61 Å². The number of aliphatic hydroxyl groups is 1. The van der Waals surface area contributed by atoms with E-state index in [1.807, 2.05) is 45.2 Å². The maximum atomic E-state index is 9.55. The molecule has 0 saturated heterocycles. The smallest absolute Gasteiger partial charge is 0.145 e. The van der Waals surface area contributed by atoms with E-state index in [9.17, 15) is 10.2 Å². The fourth-order valence-electron chi connectivity index (χ4n) is 0.959. The van der Waals surface area contributed by atoms with Crippen molar-refractivity contribution in [2.24, 2.45) is 0 Å². The molecule has 3 N–H and O–H groups in total. The maximum absolute atomic E-state index is 9.55. The van der Waals surface area contributed by atoms with E-state index in [1.54, 1.807) is 6.07 Å². The third-order valence-corrected chi connectivity index (χ3v) is 3.47. The first kappa shape index (κ1) is 11.3. The molecule has 0 bridgehead atoms. The topological polar surface area (TPSA) is 60.7 Å². The van der Waals surface area contributed by atoms with Crippen molar-refractivity contribution in [3.05, 3.63) is 18.8 Å². The molecule has 0 fully saturated rings. The Morgan fingerprint density at radius 2 is 1.77 bits per heavy atom. The van der Waals surface area contributed by atoms with Crippen LogP contribution in [0.4, 0.5) is 0 Å². The van der Waals surface area contributed by atoms with E-state index >= 15 is 0 Å². The van der Waals surface area contributed by atoms with Gasteiger partial charge in [0.25, 0.3) is 0 Å². The van der Waals surface area contributed by atoms with Crippen LogP contribution in [0.3, 0.4) is 0 Å². The van der Waals surface area contributed by atoms with Crippen molar-refractivity contribution < 1.29 is 15.3 Å². The van der Waals surface area contributed by atoms with Crippen molar-refractivity contribution in [1.82, 2.24) is 0 Å². The Morgan fingerprint density at radius 3 is 2.31 bits per heavy atom. The average Bonchev–Trinajstić information content (AvgIpc) is 2.11. The third kappa shape index (κ3) is 2.38. The molecule has 0 aliphatic heterocycles. The monoisotopic (exact) mass is 406 g/mol. The summed E-state index contributed by atoms with van der Waals surface area (Å²) in [5, 5.41) is 27.7. The third-order valence-electron chi connectivity index (χ3n) is 1.63. The minimum atomic E-state index is -0.00943. The van der Waals surface area contributed by atoms with Gasteiger partial charge < -0.3 is 15.3 Å². The van der Waals surface area contributed by atoms with Gasteiger partial charge in [0.1, 0.15) is 11.5 Å². The van der Waals surface area contributed by atoms with Gasteiger partial charge >= 0.3 is 0 Å². The summed E-state index contributed by atoms with van der Waals surface area (Å²) in [6.45, 7) is -0.00943. The molecule has 0 atom stereocenters. The van der Waals surface area contributed by atoms with Gasteiger partial charge in [-0.25, -0.2) is 0 Å². The van der Waals surface area contributed by atoms with Crippen LogP contribution in [0.25, 0.3) is 0 Å². The lowest BCUT2D eigenvalue weighted by atomic mass is 10.1. The molecule has 0 aliphatic carbocycles. The molecule has 13 heavy (non-hydrogen) atoms. The second kappa shape index (κ2) is 4.65. The zero-order valence-electron chi connectivity index (χ0n) is 6.59. The molecular weight excluding hydrogens is 398 g/mol. The predicted octanol–water partition coefficient (Wildman–Crippen LogP) is 1.84. The Morgan fingerprint density at radius 1 is 1.15 bits per heavy atom. The summed E-state index contributed by atoms with van der Waals surface area (Å²) in [4.78, 5) is 0. The maximum Gasteiger partial charge on any atom is 0.145 e.